The van der Waals surface area contributed by atoms with Crippen molar-refractivity contribution in [1.82, 2.24) is 5.01 Å². The van der Waals surface area contributed by atoms with Crippen molar-refractivity contribution in [2.75, 3.05) is 33.3 Å². The fourth-order valence-corrected chi connectivity index (χ4v) is 3.87. The number of methoxy groups -OCH3 is 1. The standard InChI is InChI=1S/C27H31N3O2/c1-22-8-10-23(11-9-22)20-29-14-16-30(17-15-29)28-19-25-12-13-26(27(18-25)31-2)32-21-24-6-4-3-5-7-24/h3-13,18-19H,14-17,20-21H2,1-2H3/p+1/b28-19+. The van der Waals surface area contributed by atoms with Crippen LogP contribution < -0.4 is 14.4 Å². The lowest BCUT2D eigenvalue weighted by Gasteiger charge is -2.30. The van der Waals surface area contributed by atoms with Crippen LogP contribution >= 0.6 is 0 Å². The Morgan fingerprint density at radius 3 is 2.38 bits per heavy atom. The Kier molecular flexibility index (Phi) is 7.41. The van der Waals surface area contributed by atoms with Crippen molar-refractivity contribution < 1.29 is 14.4 Å². The molecule has 1 saturated heterocycles. The van der Waals surface area contributed by atoms with E-state index in [-0.39, 0.29) is 0 Å². The van der Waals surface area contributed by atoms with Gasteiger partial charge in [0.15, 0.2) is 11.5 Å². The summed E-state index contributed by atoms with van der Waals surface area (Å²) in [7, 11) is 1.67. The maximum atomic E-state index is 5.95. The van der Waals surface area contributed by atoms with Gasteiger partial charge in [-0.15, -0.1) is 0 Å². The van der Waals surface area contributed by atoms with Crippen molar-refractivity contribution in [2.45, 2.75) is 20.1 Å². The summed E-state index contributed by atoms with van der Waals surface area (Å²) >= 11 is 0. The Hall–Kier alpha value is -3.31. The number of hydrogen-bond acceptors (Lipinski definition) is 4. The molecule has 1 fully saturated rings. The molecular formula is C27H32N3O2+. The first kappa shape index (κ1) is 21.9. The smallest absolute Gasteiger partial charge is 0.161 e. The van der Waals surface area contributed by atoms with Gasteiger partial charge >= 0.3 is 0 Å². The van der Waals surface area contributed by atoms with Crippen LogP contribution in [0.3, 0.4) is 0 Å². The van der Waals surface area contributed by atoms with E-state index in [1.165, 1.54) is 11.1 Å². The molecule has 1 N–H and O–H groups in total. The highest BCUT2D eigenvalue weighted by molar-refractivity contribution is 5.80. The number of hydrazone groups is 1. The summed E-state index contributed by atoms with van der Waals surface area (Å²) in [4.78, 5) is 1.61. The zero-order valence-electron chi connectivity index (χ0n) is 19.0. The molecule has 0 aromatic heterocycles. The largest absolute Gasteiger partial charge is 0.493 e. The minimum Gasteiger partial charge on any atom is -0.493 e. The van der Waals surface area contributed by atoms with Gasteiger partial charge in [0.05, 0.1) is 39.5 Å². The van der Waals surface area contributed by atoms with Crippen LogP contribution in [0, 0.1) is 6.92 Å². The lowest BCUT2D eigenvalue weighted by atomic mass is 10.1. The molecule has 0 aliphatic carbocycles. The van der Waals surface area contributed by atoms with Gasteiger partial charge in [-0.05, 0) is 36.2 Å². The zero-order valence-corrected chi connectivity index (χ0v) is 19.0. The van der Waals surface area contributed by atoms with E-state index in [1.807, 2.05) is 42.6 Å². The van der Waals surface area contributed by atoms with E-state index in [4.69, 9.17) is 14.6 Å². The second-order valence-electron chi connectivity index (χ2n) is 8.30. The third-order valence-electron chi connectivity index (χ3n) is 5.82. The monoisotopic (exact) mass is 430 g/mol. The van der Waals surface area contributed by atoms with E-state index >= 15 is 0 Å². The van der Waals surface area contributed by atoms with Crippen LogP contribution in [0.15, 0.2) is 77.9 Å². The summed E-state index contributed by atoms with van der Waals surface area (Å²) in [5, 5.41) is 6.86. The first-order chi connectivity index (χ1) is 15.7. The molecule has 3 aromatic rings. The number of quaternary nitrogens is 1. The highest BCUT2D eigenvalue weighted by Crippen LogP contribution is 2.28. The molecule has 1 aliphatic heterocycles. The topological polar surface area (TPSA) is 38.5 Å². The molecule has 1 aliphatic rings. The van der Waals surface area contributed by atoms with E-state index in [9.17, 15) is 0 Å². The molecule has 0 unspecified atom stereocenters. The number of aryl methyl sites for hydroxylation is 1. The van der Waals surface area contributed by atoms with E-state index in [0.29, 0.717) is 6.61 Å². The Labute approximate surface area is 190 Å². The van der Waals surface area contributed by atoms with Crippen LogP contribution in [0.1, 0.15) is 22.3 Å². The minimum atomic E-state index is 0.514. The number of nitrogens with one attached hydrogen (secondary N) is 1. The Balaban J connectivity index is 1.29. The quantitative estimate of drug-likeness (QED) is 0.557. The van der Waals surface area contributed by atoms with Gasteiger partial charge in [-0.2, -0.15) is 5.10 Å². The Morgan fingerprint density at radius 2 is 1.66 bits per heavy atom. The lowest BCUT2D eigenvalue weighted by molar-refractivity contribution is -0.918. The fourth-order valence-electron chi connectivity index (χ4n) is 3.87. The third-order valence-corrected chi connectivity index (χ3v) is 5.82. The summed E-state index contributed by atoms with van der Waals surface area (Å²) in [5.74, 6) is 1.46. The van der Waals surface area contributed by atoms with Gasteiger partial charge < -0.3 is 14.4 Å². The molecule has 0 amide bonds. The number of piperazine rings is 1. The average molecular weight is 431 g/mol. The van der Waals surface area contributed by atoms with Crippen molar-refractivity contribution >= 4 is 6.21 Å². The second-order valence-corrected chi connectivity index (χ2v) is 8.30. The predicted octanol–water partition coefficient (Wildman–Crippen LogP) is 3.32. The van der Waals surface area contributed by atoms with Crippen LogP contribution in [0.25, 0.3) is 0 Å². The minimum absolute atomic E-state index is 0.514. The van der Waals surface area contributed by atoms with Gasteiger partial charge in [-0.3, -0.25) is 5.01 Å². The van der Waals surface area contributed by atoms with E-state index in [0.717, 1.165) is 55.3 Å². The summed E-state index contributed by atoms with van der Waals surface area (Å²) in [6.45, 7) is 7.86. The highest BCUT2D eigenvalue weighted by atomic mass is 16.5. The summed E-state index contributed by atoms with van der Waals surface area (Å²) in [6.07, 6.45) is 1.91. The summed E-state index contributed by atoms with van der Waals surface area (Å²) in [6, 6.07) is 25.0. The Morgan fingerprint density at radius 1 is 0.906 bits per heavy atom. The molecule has 3 aromatic carbocycles. The normalized spacial score (nSPS) is 14.6. The van der Waals surface area contributed by atoms with Crippen molar-refractivity contribution in [3.63, 3.8) is 0 Å². The average Bonchev–Trinajstić information content (AvgIpc) is 2.84. The molecule has 166 valence electrons. The molecule has 0 saturated carbocycles. The maximum absolute atomic E-state index is 5.95. The fraction of sp³-hybridized carbons (Fsp3) is 0.296. The molecule has 1 heterocycles. The predicted molar refractivity (Wildman–Crippen MR) is 129 cm³/mol. The van der Waals surface area contributed by atoms with Crippen LogP contribution in [0.5, 0.6) is 11.5 Å². The molecule has 5 heteroatoms. The van der Waals surface area contributed by atoms with E-state index < -0.39 is 0 Å². The van der Waals surface area contributed by atoms with Crippen molar-refractivity contribution in [3.05, 3.63) is 95.1 Å². The van der Waals surface area contributed by atoms with Crippen molar-refractivity contribution in [2.24, 2.45) is 5.10 Å². The maximum Gasteiger partial charge on any atom is 0.161 e. The highest BCUT2D eigenvalue weighted by Gasteiger charge is 2.18. The number of nitrogens with zero attached hydrogens (tertiary/aromatic N) is 2. The van der Waals surface area contributed by atoms with Gasteiger partial charge in [0.2, 0.25) is 0 Å². The molecule has 0 bridgehead atoms. The van der Waals surface area contributed by atoms with Crippen LogP contribution in [-0.2, 0) is 13.2 Å². The number of benzene rings is 3. The van der Waals surface area contributed by atoms with E-state index in [1.54, 1.807) is 12.0 Å². The van der Waals surface area contributed by atoms with Crippen LogP contribution in [0.2, 0.25) is 0 Å². The van der Waals surface area contributed by atoms with Gasteiger partial charge in [-0.25, -0.2) is 0 Å². The third kappa shape index (κ3) is 6.11. The molecule has 0 atom stereocenters. The van der Waals surface area contributed by atoms with Gasteiger partial charge in [0.25, 0.3) is 0 Å². The molecule has 32 heavy (non-hydrogen) atoms. The van der Waals surface area contributed by atoms with Gasteiger partial charge in [-0.1, -0.05) is 60.2 Å². The molecule has 5 nitrogen and oxygen atoms in total. The second kappa shape index (κ2) is 10.8. The molecular weight excluding hydrogens is 398 g/mol. The first-order valence-electron chi connectivity index (χ1n) is 11.2. The van der Waals surface area contributed by atoms with Crippen LogP contribution in [-0.4, -0.2) is 44.5 Å². The summed E-state index contributed by atoms with van der Waals surface area (Å²) in [5.41, 5.74) is 4.85. The zero-order chi connectivity index (χ0) is 22.2. The summed E-state index contributed by atoms with van der Waals surface area (Å²) < 4.78 is 11.5. The lowest BCUT2D eigenvalue weighted by Crippen LogP contribution is -3.13. The van der Waals surface area contributed by atoms with Crippen molar-refractivity contribution in [1.29, 1.82) is 0 Å². The molecule has 0 spiro atoms. The number of ether oxygens (including phenoxy) is 2. The van der Waals surface area contributed by atoms with Gasteiger partial charge in [0, 0.05) is 5.56 Å². The van der Waals surface area contributed by atoms with Crippen molar-refractivity contribution in [3.8, 4) is 11.5 Å². The van der Waals surface area contributed by atoms with Crippen LogP contribution in [0.4, 0.5) is 0 Å². The number of hydrogen-bond donors (Lipinski definition) is 1. The molecule has 0 radical (unpaired) electrons. The number of rotatable bonds is 8. The SMILES string of the molecule is COc1cc(/C=N/N2CC[NH+](Cc3ccc(C)cc3)CC2)ccc1OCc1ccccc1. The first-order valence-corrected chi connectivity index (χ1v) is 11.2. The Bertz CT molecular complexity index is 1010. The van der Waals surface area contributed by atoms with E-state index in [2.05, 4.69) is 48.3 Å². The molecule has 4 rings (SSSR count). The van der Waals surface area contributed by atoms with Gasteiger partial charge in [0.1, 0.15) is 13.2 Å².